The summed E-state index contributed by atoms with van der Waals surface area (Å²) in [4.78, 5) is 27.7. The zero-order chi connectivity index (χ0) is 17.0. The molecule has 1 aromatic heterocycles. The number of pyridine rings is 1. The smallest absolute Gasteiger partial charge is 0.341 e. The monoisotopic (exact) mass is 400 g/mol. The van der Waals surface area contributed by atoms with Crippen molar-refractivity contribution in [2.45, 2.75) is 13.0 Å². The van der Waals surface area contributed by atoms with Gasteiger partial charge in [-0.3, -0.25) is 4.79 Å². The van der Waals surface area contributed by atoms with Gasteiger partial charge < -0.3 is 10.1 Å². The molecular formula is C15H11BrClFN2O3. The maximum Gasteiger partial charge on any atom is 0.341 e. The van der Waals surface area contributed by atoms with Gasteiger partial charge in [-0.1, -0.05) is 27.5 Å². The zero-order valence-electron chi connectivity index (χ0n) is 11.8. The molecule has 1 aromatic carbocycles. The molecule has 1 amide bonds. The minimum Gasteiger partial charge on any atom is -0.449 e. The van der Waals surface area contributed by atoms with Crippen molar-refractivity contribution >= 4 is 45.2 Å². The van der Waals surface area contributed by atoms with Crippen LogP contribution in [-0.4, -0.2) is 23.0 Å². The van der Waals surface area contributed by atoms with Crippen LogP contribution in [0.25, 0.3) is 0 Å². The normalized spacial score (nSPS) is 11.7. The van der Waals surface area contributed by atoms with Gasteiger partial charge in [0.05, 0.1) is 10.6 Å². The van der Waals surface area contributed by atoms with Crippen molar-refractivity contribution in [3.8, 4) is 0 Å². The van der Waals surface area contributed by atoms with Crippen LogP contribution < -0.4 is 5.32 Å². The first-order valence-corrected chi connectivity index (χ1v) is 7.62. The van der Waals surface area contributed by atoms with E-state index in [0.29, 0.717) is 9.50 Å². The predicted octanol–water partition coefficient (Wildman–Crippen LogP) is 3.82. The van der Waals surface area contributed by atoms with Gasteiger partial charge in [0.2, 0.25) is 0 Å². The van der Waals surface area contributed by atoms with Gasteiger partial charge in [0.1, 0.15) is 11.6 Å². The Morgan fingerprint density at radius 3 is 2.70 bits per heavy atom. The number of carbonyl (C=O) groups is 2. The minimum absolute atomic E-state index is 0.252. The summed E-state index contributed by atoms with van der Waals surface area (Å²) in [6, 6.07) is 6.97. The Morgan fingerprint density at radius 1 is 1.35 bits per heavy atom. The molecule has 0 bridgehead atoms. The molecule has 23 heavy (non-hydrogen) atoms. The largest absolute Gasteiger partial charge is 0.449 e. The Kier molecular flexibility index (Phi) is 5.68. The van der Waals surface area contributed by atoms with Crippen molar-refractivity contribution in [3.63, 3.8) is 0 Å². The number of hydrogen-bond acceptors (Lipinski definition) is 4. The van der Waals surface area contributed by atoms with E-state index in [2.05, 4.69) is 26.2 Å². The van der Waals surface area contributed by atoms with E-state index in [9.17, 15) is 14.0 Å². The number of anilines is 1. The van der Waals surface area contributed by atoms with Gasteiger partial charge in [-0.25, -0.2) is 14.2 Å². The van der Waals surface area contributed by atoms with Crippen LogP contribution in [0.4, 0.5) is 10.2 Å². The van der Waals surface area contributed by atoms with Gasteiger partial charge in [-0.15, -0.1) is 0 Å². The van der Waals surface area contributed by atoms with E-state index in [1.165, 1.54) is 31.3 Å². The molecule has 2 aromatic rings. The molecule has 0 fully saturated rings. The molecule has 8 heteroatoms. The number of esters is 1. The number of rotatable bonds is 4. The third-order valence-electron chi connectivity index (χ3n) is 2.78. The van der Waals surface area contributed by atoms with Gasteiger partial charge in [-0.05, 0) is 37.3 Å². The van der Waals surface area contributed by atoms with Crippen LogP contribution in [0.15, 0.2) is 41.0 Å². The Balaban J connectivity index is 2.00. The molecule has 0 unspecified atom stereocenters. The van der Waals surface area contributed by atoms with Crippen LogP contribution >= 0.6 is 27.5 Å². The van der Waals surface area contributed by atoms with Crippen LogP contribution in [0.1, 0.15) is 17.3 Å². The summed E-state index contributed by atoms with van der Waals surface area (Å²) in [5.74, 6) is -2.00. The Hall–Kier alpha value is -1.99. The second-order valence-electron chi connectivity index (χ2n) is 4.52. The van der Waals surface area contributed by atoms with Crippen molar-refractivity contribution in [2.24, 2.45) is 0 Å². The van der Waals surface area contributed by atoms with E-state index in [4.69, 9.17) is 16.3 Å². The van der Waals surface area contributed by atoms with Crippen LogP contribution in [0.3, 0.4) is 0 Å². The Labute approximate surface area is 144 Å². The van der Waals surface area contributed by atoms with Gasteiger partial charge in [-0.2, -0.15) is 0 Å². The third-order valence-corrected chi connectivity index (χ3v) is 3.50. The number of ether oxygens (including phenoxy) is 1. The average molecular weight is 402 g/mol. The molecule has 0 saturated carbocycles. The lowest BCUT2D eigenvalue weighted by atomic mass is 10.2. The van der Waals surface area contributed by atoms with Crippen LogP contribution in [0.2, 0.25) is 5.02 Å². The minimum atomic E-state index is -1.12. The number of nitrogens with zero attached hydrogens (tertiary/aromatic N) is 1. The van der Waals surface area contributed by atoms with E-state index >= 15 is 0 Å². The number of nitrogens with one attached hydrogen (secondary N) is 1. The highest BCUT2D eigenvalue weighted by atomic mass is 79.9. The number of amides is 1. The fraction of sp³-hybridized carbons (Fsp3) is 0.133. The number of benzene rings is 1. The van der Waals surface area contributed by atoms with Crippen molar-refractivity contribution in [2.75, 3.05) is 5.32 Å². The van der Waals surface area contributed by atoms with Gasteiger partial charge >= 0.3 is 5.97 Å². The molecular weight excluding hydrogens is 391 g/mol. The summed E-state index contributed by atoms with van der Waals surface area (Å²) >= 11 is 8.78. The molecule has 0 aliphatic carbocycles. The molecule has 0 spiro atoms. The topological polar surface area (TPSA) is 68.3 Å². The van der Waals surface area contributed by atoms with E-state index < -0.39 is 23.8 Å². The lowest BCUT2D eigenvalue weighted by molar-refractivity contribution is -0.123. The zero-order valence-corrected chi connectivity index (χ0v) is 14.2. The number of aromatic nitrogens is 1. The predicted molar refractivity (Wildman–Crippen MR) is 86.9 cm³/mol. The van der Waals surface area contributed by atoms with Crippen LogP contribution in [0.5, 0.6) is 0 Å². The first-order chi connectivity index (χ1) is 10.9. The number of carbonyl (C=O) groups excluding carboxylic acids is 2. The highest BCUT2D eigenvalue weighted by molar-refractivity contribution is 9.10. The molecule has 1 N–H and O–H groups in total. The quantitative estimate of drug-likeness (QED) is 0.791. The Morgan fingerprint density at radius 2 is 2.09 bits per heavy atom. The molecule has 2 rings (SSSR count). The van der Waals surface area contributed by atoms with E-state index in [0.717, 1.165) is 6.07 Å². The summed E-state index contributed by atoms with van der Waals surface area (Å²) in [5.41, 5.74) is -0.252. The highest BCUT2D eigenvalue weighted by Crippen LogP contribution is 2.17. The second kappa shape index (κ2) is 7.52. The maximum absolute atomic E-state index is 13.7. The second-order valence-corrected chi connectivity index (χ2v) is 5.87. The maximum atomic E-state index is 13.7. The molecule has 0 aliphatic heterocycles. The number of hydrogen-bond donors (Lipinski definition) is 1. The average Bonchev–Trinajstić information content (AvgIpc) is 2.49. The van der Waals surface area contributed by atoms with Crippen molar-refractivity contribution in [3.05, 3.63) is 57.4 Å². The van der Waals surface area contributed by atoms with Gasteiger partial charge in [0.25, 0.3) is 5.91 Å². The molecule has 5 nitrogen and oxygen atoms in total. The molecule has 1 atom stereocenters. The van der Waals surface area contributed by atoms with Crippen molar-refractivity contribution < 1.29 is 18.7 Å². The van der Waals surface area contributed by atoms with Crippen LogP contribution in [0, 0.1) is 5.82 Å². The van der Waals surface area contributed by atoms with Gasteiger partial charge in [0, 0.05) is 10.7 Å². The van der Waals surface area contributed by atoms with E-state index in [1.54, 1.807) is 6.07 Å². The van der Waals surface area contributed by atoms with E-state index in [-0.39, 0.29) is 11.4 Å². The number of halogens is 3. The Bertz CT molecular complexity index is 740. The molecule has 0 saturated heterocycles. The summed E-state index contributed by atoms with van der Waals surface area (Å²) in [5, 5.41) is 2.89. The van der Waals surface area contributed by atoms with Crippen molar-refractivity contribution in [1.29, 1.82) is 0 Å². The standard InChI is InChI=1S/C15H11BrClFN2O3/c1-8(14(21)20-13-5-3-10(17)7-19-13)23-15(22)11-4-2-9(16)6-12(11)18/h2-8H,1H3,(H,19,20,21)/t8-/m1/s1. The van der Waals surface area contributed by atoms with Crippen LogP contribution in [-0.2, 0) is 9.53 Å². The summed E-state index contributed by atoms with van der Waals surface area (Å²) < 4.78 is 19.1. The lowest BCUT2D eigenvalue weighted by Gasteiger charge is -2.13. The fourth-order valence-electron chi connectivity index (χ4n) is 1.61. The fourth-order valence-corrected chi connectivity index (χ4v) is 2.06. The molecule has 120 valence electrons. The molecule has 0 radical (unpaired) electrons. The summed E-state index contributed by atoms with van der Waals surface area (Å²) in [6.07, 6.45) is 0.244. The molecule has 1 heterocycles. The highest BCUT2D eigenvalue weighted by Gasteiger charge is 2.21. The third kappa shape index (κ3) is 4.74. The summed E-state index contributed by atoms with van der Waals surface area (Å²) in [7, 11) is 0. The first kappa shape index (κ1) is 17.4. The lowest BCUT2D eigenvalue weighted by Crippen LogP contribution is -2.30. The molecule has 0 aliphatic rings. The first-order valence-electron chi connectivity index (χ1n) is 6.45. The summed E-state index contributed by atoms with van der Waals surface area (Å²) in [6.45, 7) is 1.37. The van der Waals surface area contributed by atoms with E-state index in [1.807, 2.05) is 0 Å². The van der Waals surface area contributed by atoms with Gasteiger partial charge in [0.15, 0.2) is 6.10 Å². The SMILES string of the molecule is C[C@@H](OC(=O)c1ccc(Br)cc1F)C(=O)Nc1ccc(Cl)cn1. The van der Waals surface area contributed by atoms with Crippen molar-refractivity contribution in [1.82, 2.24) is 4.98 Å².